The molecule has 4 aromatic rings. The van der Waals surface area contributed by atoms with E-state index in [0.29, 0.717) is 29.1 Å². The van der Waals surface area contributed by atoms with Gasteiger partial charge in [-0.25, -0.2) is 19.4 Å². The van der Waals surface area contributed by atoms with Gasteiger partial charge in [-0.05, 0) is 107 Å². The number of alkyl carbamates (subject to hydrolysis) is 2. The number of Topliss-reactive ketones (excluding diaryl/α,β-unsaturated/α-hetero) is 1. The Balaban J connectivity index is 1.45. The number of rotatable bonds is 8. The maximum Gasteiger partial charge on any atom is 0.414 e. The van der Waals surface area contributed by atoms with Crippen molar-refractivity contribution in [2.75, 3.05) is 0 Å². The molecule has 51 heavy (non-hydrogen) atoms. The minimum atomic E-state index is -0.829. The summed E-state index contributed by atoms with van der Waals surface area (Å²) < 4.78 is 16.2. The monoisotopic (exact) mass is 696 g/mol. The molecule has 0 aliphatic heterocycles. The number of hydrogen-bond donors (Lipinski definition) is 3. The highest BCUT2D eigenvalue weighted by molar-refractivity contribution is 6.03. The van der Waals surface area contributed by atoms with Gasteiger partial charge in [-0.3, -0.25) is 15.4 Å². The Bertz CT molecular complexity index is 1860. The number of benzene rings is 3. The van der Waals surface area contributed by atoms with E-state index in [2.05, 4.69) is 53.5 Å². The SMILES string of the molecule is CC(C)(C)OC(=O)NC(=Nc1ccc(C(=O)Oc2ccc3cc(C(=O)CC(Cc4ccccc4)C(C)(C)C)[nH]c3c2)cc1)NC(=O)OC(C)(C)C. The molecule has 1 aromatic heterocycles. The van der Waals surface area contributed by atoms with E-state index in [9.17, 15) is 19.2 Å². The first-order valence-electron chi connectivity index (χ1n) is 16.8. The van der Waals surface area contributed by atoms with Gasteiger partial charge in [0, 0.05) is 23.4 Å². The molecular formula is C40H48N4O7. The van der Waals surface area contributed by atoms with E-state index in [-0.39, 0.29) is 28.6 Å². The number of hydrogen-bond acceptors (Lipinski definition) is 8. The normalized spacial score (nSPS) is 12.4. The number of H-pyrrole nitrogens is 1. The number of aromatic amines is 1. The lowest BCUT2D eigenvalue weighted by molar-refractivity contribution is 0.0543. The van der Waals surface area contributed by atoms with Gasteiger partial charge in [-0.15, -0.1) is 0 Å². The number of ketones is 1. The highest BCUT2D eigenvalue weighted by Crippen LogP contribution is 2.33. The molecule has 11 heteroatoms. The van der Waals surface area contributed by atoms with Crippen LogP contribution in [0, 0.1) is 11.3 Å². The number of carbonyl (C=O) groups is 4. The second-order valence-electron chi connectivity index (χ2n) is 15.5. The fourth-order valence-electron chi connectivity index (χ4n) is 5.09. The summed E-state index contributed by atoms with van der Waals surface area (Å²) in [5.74, 6) is -0.371. The molecule has 11 nitrogen and oxygen atoms in total. The zero-order valence-corrected chi connectivity index (χ0v) is 30.8. The Kier molecular flexibility index (Phi) is 11.7. The van der Waals surface area contributed by atoms with Crippen LogP contribution in [0.5, 0.6) is 5.75 Å². The van der Waals surface area contributed by atoms with Gasteiger partial charge < -0.3 is 19.2 Å². The first-order valence-corrected chi connectivity index (χ1v) is 16.8. The van der Waals surface area contributed by atoms with E-state index in [4.69, 9.17) is 14.2 Å². The van der Waals surface area contributed by atoms with Crippen molar-refractivity contribution in [3.63, 3.8) is 0 Å². The predicted octanol–water partition coefficient (Wildman–Crippen LogP) is 8.90. The van der Waals surface area contributed by atoms with Crippen molar-refractivity contribution in [3.05, 3.63) is 95.7 Å². The number of guanidine groups is 1. The van der Waals surface area contributed by atoms with Gasteiger partial charge in [0.2, 0.25) is 5.96 Å². The topological polar surface area (TPSA) is 148 Å². The van der Waals surface area contributed by atoms with Crippen LogP contribution in [0.3, 0.4) is 0 Å². The number of amides is 2. The minimum absolute atomic E-state index is 0.0223. The molecule has 2 amide bonds. The van der Waals surface area contributed by atoms with Crippen molar-refractivity contribution in [1.29, 1.82) is 0 Å². The number of aliphatic imine (C=N–C) groups is 1. The Morgan fingerprint density at radius 1 is 0.745 bits per heavy atom. The van der Waals surface area contributed by atoms with Crippen LogP contribution in [0.2, 0.25) is 0 Å². The Morgan fingerprint density at radius 3 is 1.88 bits per heavy atom. The van der Waals surface area contributed by atoms with Crippen molar-refractivity contribution in [2.45, 2.75) is 86.4 Å². The summed E-state index contributed by atoms with van der Waals surface area (Å²) >= 11 is 0. The number of fused-ring (bicyclic) bond motifs is 1. The molecule has 0 saturated heterocycles. The van der Waals surface area contributed by atoms with Crippen LogP contribution >= 0.6 is 0 Å². The summed E-state index contributed by atoms with van der Waals surface area (Å²) in [5.41, 5.74) is 1.30. The molecule has 4 rings (SSSR count). The van der Waals surface area contributed by atoms with Crippen molar-refractivity contribution in [2.24, 2.45) is 16.3 Å². The molecule has 0 fully saturated rings. The van der Waals surface area contributed by atoms with E-state index in [0.717, 1.165) is 11.8 Å². The van der Waals surface area contributed by atoms with Crippen molar-refractivity contribution in [1.82, 2.24) is 15.6 Å². The van der Waals surface area contributed by atoms with Crippen molar-refractivity contribution >= 4 is 46.5 Å². The molecule has 0 radical (unpaired) electrons. The largest absolute Gasteiger partial charge is 0.444 e. The zero-order chi connectivity index (χ0) is 37.6. The molecule has 0 saturated carbocycles. The lowest BCUT2D eigenvalue weighted by Gasteiger charge is -2.30. The molecule has 0 bridgehead atoms. The van der Waals surface area contributed by atoms with Crippen LogP contribution in [0.1, 0.15) is 95.1 Å². The Morgan fingerprint density at radius 2 is 1.33 bits per heavy atom. The number of ether oxygens (including phenoxy) is 3. The van der Waals surface area contributed by atoms with Gasteiger partial charge in [-0.2, -0.15) is 0 Å². The maximum atomic E-state index is 13.4. The van der Waals surface area contributed by atoms with Crippen LogP contribution in [-0.4, -0.2) is 46.1 Å². The summed E-state index contributed by atoms with van der Waals surface area (Å²) in [6.45, 7) is 16.7. The third kappa shape index (κ3) is 12.1. The molecule has 0 aliphatic carbocycles. The van der Waals surface area contributed by atoms with Crippen molar-refractivity contribution in [3.8, 4) is 5.75 Å². The van der Waals surface area contributed by atoms with Gasteiger partial charge in [-0.1, -0.05) is 51.1 Å². The smallest absolute Gasteiger partial charge is 0.414 e. The van der Waals surface area contributed by atoms with Crippen LogP contribution in [0.4, 0.5) is 15.3 Å². The standard InChI is InChI=1S/C40H48N4O7/c1-38(2,3)28(21-25-13-11-10-12-14-25)23-33(45)32-22-27-17-20-30(24-31(27)42-32)49-34(46)26-15-18-29(19-16-26)41-35(43-36(47)50-39(4,5)6)44-37(48)51-40(7,8)9/h10-20,22,24,28,42H,21,23H2,1-9H3,(H2,41,43,44,47,48). The number of nitrogens with zero attached hydrogens (tertiary/aromatic N) is 1. The molecular weight excluding hydrogens is 648 g/mol. The number of aromatic nitrogens is 1. The molecule has 3 aromatic carbocycles. The Labute approximate surface area is 299 Å². The lowest BCUT2D eigenvalue weighted by Crippen LogP contribution is -2.47. The number of esters is 1. The second kappa shape index (κ2) is 15.6. The van der Waals surface area contributed by atoms with E-state index >= 15 is 0 Å². The van der Waals surface area contributed by atoms with Crippen molar-refractivity contribution < 1.29 is 33.4 Å². The second-order valence-corrected chi connectivity index (χ2v) is 15.5. The summed E-state index contributed by atoms with van der Waals surface area (Å²) in [5, 5.41) is 5.66. The third-order valence-corrected chi connectivity index (χ3v) is 7.67. The average Bonchev–Trinajstić information content (AvgIpc) is 3.43. The van der Waals surface area contributed by atoms with Gasteiger partial charge in [0.25, 0.3) is 0 Å². The van der Waals surface area contributed by atoms with Crippen LogP contribution < -0.4 is 15.4 Å². The summed E-state index contributed by atoms with van der Waals surface area (Å²) in [6.07, 6.45) is -0.463. The first-order chi connectivity index (χ1) is 23.7. The van der Waals surface area contributed by atoms with Crippen LogP contribution in [0.25, 0.3) is 10.9 Å². The fourth-order valence-corrected chi connectivity index (χ4v) is 5.09. The quantitative estimate of drug-likeness (QED) is 0.0548. The van der Waals surface area contributed by atoms with E-state index in [1.54, 1.807) is 59.7 Å². The minimum Gasteiger partial charge on any atom is -0.444 e. The molecule has 1 heterocycles. The highest BCUT2D eigenvalue weighted by atomic mass is 16.6. The van der Waals surface area contributed by atoms with E-state index in [1.165, 1.54) is 29.8 Å². The summed E-state index contributed by atoms with van der Waals surface area (Å²) in [4.78, 5) is 58.8. The molecule has 1 unspecified atom stereocenters. The van der Waals surface area contributed by atoms with E-state index in [1.807, 2.05) is 24.3 Å². The lowest BCUT2D eigenvalue weighted by atomic mass is 9.74. The third-order valence-electron chi connectivity index (χ3n) is 7.67. The van der Waals surface area contributed by atoms with Crippen LogP contribution in [-0.2, 0) is 15.9 Å². The molecule has 1 atom stereocenters. The fraction of sp³-hybridized carbons (Fsp3) is 0.375. The van der Waals surface area contributed by atoms with Gasteiger partial charge in [0.15, 0.2) is 5.78 Å². The first kappa shape index (κ1) is 38.4. The van der Waals surface area contributed by atoms with Crippen LogP contribution in [0.15, 0.2) is 83.9 Å². The molecule has 0 aliphatic rings. The number of carbonyl (C=O) groups excluding carboxylic acids is 4. The summed E-state index contributed by atoms with van der Waals surface area (Å²) in [6, 6.07) is 23.2. The predicted molar refractivity (Wildman–Crippen MR) is 198 cm³/mol. The zero-order valence-electron chi connectivity index (χ0n) is 30.8. The molecule has 3 N–H and O–H groups in total. The molecule has 270 valence electrons. The average molecular weight is 697 g/mol. The van der Waals surface area contributed by atoms with Gasteiger partial charge in [0.1, 0.15) is 17.0 Å². The van der Waals surface area contributed by atoms with Gasteiger partial charge in [0.05, 0.1) is 16.9 Å². The number of nitrogens with one attached hydrogen (secondary N) is 3. The molecule has 0 spiro atoms. The summed E-state index contributed by atoms with van der Waals surface area (Å²) in [7, 11) is 0. The Hall–Kier alpha value is -5.45. The maximum absolute atomic E-state index is 13.4. The van der Waals surface area contributed by atoms with E-state index < -0.39 is 29.4 Å². The van der Waals surface area contributed by atoms with Gasteiger partial charge >= 0.3 is 18.2 Å². The highest BCUT2D eigenvalue weighted by Gasteiger charge is 2.28.